The van der Waals surface area contributed by atoms with Crippen molar-refractivity contribution in [2.75, 3.05) is 25.2 Å². The third-order valence-electron chi connectivity index (χ3n) is 5.09. The molecule has 0 spiro atoms. The first-order valence-corrected chi connectivity index (χ1v) is 9.88. The summed E-state index contributed by atoms with van der Waals surface area (Å²) < 4.78 is 16.1. The number of nitrogens with zero attached hydrogens (tertiary/aromatic N) is 2. The van der Waals surface area contributed by atoms with Crippen molar-refractivity contribution in [3.05, 3.63) is 59.4 Å². The lowest BCUT2D eigenvalue weighted by Crippen LogP contribution is -2.36. The molecule has 0 saturated carbocycles. The third-order valence-corrected chi connectivity index (χ3v) is 5.09. The number of rotatable bonds is 8. The van der Waals surface area contributed by atoms with E-state index in [0.717, 1.165) is 16.5 Å². The second-order valence-electron chi connectivity index (χ2n) is 7.16. The van der Waals surface area contributed by atoms with Gasteiger partial charge >= 0.3 is 5.97 Å². The summed E-state index contributed by atoms with van der Waals surface area (Å²) in [5.74, 6) is -0.471. The van der Waals surface area contributed by atoms with Crippen LogP contribution in [0.15, 0.2) is 47.1 Å². The Morgan fingerprint density at radius 2 is 1.90 bits per heavy atom. The second kappa shape index (κ2) is 9.81. The Hall–Kier alpha value is -3.79. The van der Waals surface area contributed by atoms with Gasteiger partial charge in [0.25, 0.3) is 5.91 Å². The van der Waals surface area contributed by atoms with Gasteiger partial charge in [-0.3, -0.25) is 9.59 Å². The van der Waals surface area contributed by atoms with Crippen molar-refractivity contribution in [3.8, 4) is 11.8 Å². The molecular formula is C24H24N2O5. The van der Waals surface area contributed by atoms with Gasteiger partial charge in [-0.05, 0) is 49.2 Å². The maximum atomic E-state index is 12.8. The first kappa shape index (κ1) is 21.9. The molecule has 0 aliphatic rings. The Balaban J connectivity index is 1.68. The lowest BCUT2D eigenvalue weighted by molar-refractivity contribution is -0.147. The highest BCUT2D eigenvalue weighted by atomic mass is 16.5. The highest BCUT2D eigenvalue weighted by molar-refractivity contribution is 5.97. The topological polar surface area (TPSA) is 92.8 Å². The average Bonchev–Trinajstić information content (AvgIpc) is 3.14. The fraction of sp³-hybridized carbons (Fsp3) is 0.292. The molecule has 1 heterocycles. The van der Waals surface area contributed by atoms with Crippen LogP contribution in [-0.4, -0.2) is 32.1 Å². The van der Waals surface area contributed by atoms with Crippen molar-refractivity contribution in [2.45, 2.75) is 26.7 Å². The van der Waals surface area contributed by atoms with E-state index in [0.29, 0.717) is 22.6 Å². The van der Waals surface area contributed by atoms with Crippen LogP contribution in [0.1, 0.15) is 23.1 Å². The molecule has 3 rings (SSSR count). The number of carbonyl (C=O) groups is 2. The highest BCUT2D eigenvalue weighted by Gasteiger charge is 2.21. The van der Waals surface area contributed by atoms with Crippen molar-refractivity contribution in [1.82, 2.24) is 0 Å². The Kier molecular flexibility index (Phi) is 6.93. The molecule has 3 aromatic rings. The number of methoxy groups -OCH3 is 1. The van der Waals surface area contributed by atoms with Gasteiger partial charge in [0.2, 0.25) is 0 Å². The van der Waals surface area contributed by atoms with Crippen molar-refractivity contribution in [1.29, 1.82) is 5.26 Å². The van der Waals surface area contributed by atoms with E-state index < -0.39 is 18.5 Å². The zero-order valence-corrected chi connectivity index (χ0v) is 17.8. The number of fused-ring (bicyclic) bond motifs is 1. The normalized spacial score (nSPS) is 10.5. The number of aryl methyl sites for hydroxylation is 2. The second-order valence-corrected chi connectivity index (χ2v) is 7.16. The molecule has 7 nitrogen and oxygen atoms in total. The fourth-order valence-electron chi connectivity index (χ4n) is 3.29. The largest absolute Gasteiger partial charge is 0.495 e. The first-order valence-electron chi connectivity index (χ1n) is 9.88. The maximum absolute atomic E-state index is 12.8. The highest BCUT2D eigenvalue weighted by Crippen LogP contribution is 2.28. The number of amides is 1. The molecule has 160 valence electrons. The van der Waals surface area contributed by atoms with Crippen LogP contribution < -0.4 is 9.64 Å². The number of hydrogen-bond donors (Lipinski definition) is 0. The summed E-state index contributed by atoms with van der Waals surface area (Å²) in [5, 5.41) is 9.80. The van der Waals surface area contributed by atoms with Crippen molar-refractivity contribution < 1.29 is 23.5 Å². The smallest absolute Gasteiger partial charge is 0.310 e. The number of esters is 1. The molecule has 2 aromatic carbocycles. The number of benzene rings is 2. The summed E-state index contributed by atoms with van der Waals surface area (Å²) in [6, 6.07) is 12.9. The number of anilines is 1. The van der Waals surface area contributed by atoms with E-state index in [9.17, 15) is 9.59 Å². The van der Waals surface area contributed by atoms with Gasteiger partial charge < -0.3 is 18.8 Å². The van der Waals surface area contributed by atoms with Crippen molar-refractivity contribution in [3.63, 3.8) is 0 Å². The lowest BCUT2D eigenvalue weighted by atomic mass is 10.0. The van der Waals surface area contributed by atoms with Gasteiger partial charge in [0.1, 0.15) is 11.3 Å². The molecule has 0 radical (unpaired) electrons. The van der Waals surface area contributed by atoms with Crippen LogP contribution in [0.5, 0.6) is 5.75 Å². The number of para-hydroxylation sites is 2. The summed E-state index contributed by atoms with van der Waals surface area (Å²) in [6.45, 7) is 3.72. The molecule has 0 bridgehead atoms. The molecule has 0 N–H and O–H groups in total. The van der Waals surface area contributed by atoms with Crippen LogP contribution in [0.3, 0.4) is 0 Å². The predicted molar refractivity (Wildman–Crippen MR) is 116 cm³/mol. The standard InChI is InChI=1S/C24H24N2O5/c1-16-11-19-18(14-30-22(19)12-17(16)2)13-24(28)31-15-23(27)26(10-6-9-25)20-7-4-5-8-21(20)29-3/h4-5,7-8,11-12,14H,6,10,13,15H2,1-3H3. The number of furan rings is 1. The van der Waals surface area contributed by atoms with Gasteiger partial charge in [-0.1, -0.05) is 12.1 Å². The van der Waals surface area contributed by atoms with E-state index in [-0.39, 0.29) is 19.4 Å². The Labute approximate surface area is 180 Å². The molecule has 0 unspecified atom stereocenters. The number of ether oxygens (including phenoxy) is 2. The molecule has 0 aliphatic carbocycles. The molecular weight excluding hydrogens is 396 g/mol. The summed E-state index contributed by atoms with van der Waals surface area (Å²) in [7, 11) is 1.50. The Morgan fingerprint density at radius 1 is 1.16 bits per heavy atom. The van der Waals surface area contributed by atoms with Crippen molar-refractivity contribution >= 4 is 28.5 Å². The van der Waals surface area contributed by atoms with E-state index >= 15 is 0 Å². The Bertz CT molecular complexity index is 1140. The minimum Gasteiger partial charge on any atom is -0.495 e. The molecule has 31 heavy (non-hydrogen) atoms. The van der Waals surface area contributed by atoms with Gasteiger partial charge in [-0.2, -0.15) is 5.26 Å². The molecule has 0 saturated heterocycles. The van der Waals surface area contributed by atoms with Crippen molar-refractivity contribution in [2.24, 2.45) is 0 Å². The predicted octanol–water partition coefficient (Wildman–Crippen LogP) is 4.09. The van der Waals surface area contributed by atoms with Crippen LogP contribution in [0.4, 0.5) is 5.69 Å². The molecule has 0 fully saturated rings. The third kappa shape index (κ3) is 5.04. The van der Waals surface area contributed by atoms with E-state index in [4.69, 9.17) is 19.2 Å². The number of hydrogen-bond acceptors (Lipinski definition) is 6. The molecule has 0 aliphatic heterocycles. The molecule has 0 atom stereocenters. The number of nitriles is 1. The summed E-state index contributed by atoms with van der Waals surface area (Å²) >= 11 is 0. The Morgan fingerprint density at radius 3 is 2.65 bits per heavy atom. The molecule has 7 heteroatoms. The maximum Gasteiger partial charge on any atom is 0.310 e. The summed E-state index contributed by atoms with van der Waals surface area (Å²) in [4.78, 5) is 26.6. The zero-order chi connectivity index (χ0) is 22.4. The fourth-order valence-corrected chi connectivity index (χ4v) is 3.29. The molecule has 1 aromatic heterocycles. The minimum atomic E-state index is -0.533. The first-order chi connectivity index (χ1) is 14.9. The monoisotopic (exact) mass is 420 g/mol. The molecule has 1 amide bonds. The van der Waals surface area contributed by atoms with Crippen LogP contribution in [0, 0.1) is 25.2 Å². The van der Waals surface area contributed by atoms with Gasteiger partial charge in [0, 0.05) is 17.5 Å². The van der Waals surface area contributed by atoms with Crippen LogP contribution in [-0.2, 0) is 20.7 Å². The zero-order valence-electron chi connectivity index (χ0n) is 17.8. The van der Waals surface area contributed by atoms with Gasteiger partial charge in [-0.25, -0.2) is 0 Å². The lowest BCUT2D eigenvalue weighted by Gasteiger charge is -2.23. The van der Waals surface area contributed by atoms with E-state index in [1.54, 1.807) is 30.5 Å². The van der Waals surface area contributed by atoms with Gasteiger partial charge in [0.15, 0.2) is 6.61 Å². The quantitative estimate of drug-likeness (QED) is 0.510. The van der Waals surface area contributed by atoms with E-state index in [2.05, 4.69) is 0 Å². The van der Waals surface area contributed by atoms with Gasteiger partial charge in [0.05, 0.1) is 38.0 Å². The van der Waals surface area contributed by atoms with E-state index in [1.807, 2.05) is 32.0 Å². The summed E-state index contributed by atoms with van der Waals surface area (Å²) in [5.41, 5.74) is 4.15. The average molecular weight is 420 g/mol. The van der Waals surface area contributed by atoms with Crippen LogP contribution in [0.25, 0.3) is 11.0 Å². The SMILES string of the molecule is COc1ccccc1N(CCC#N)C(=O)COC(=O)Cc1coc2cc(C)c(C)cc12. The van der Waals surface area contributed by atoms with E-state index in [1.165, 1.54) is 12.0 Å². The minimum absolute atomic E-state index is 0.00433. The van der Waals surface area contributed by atoms with Crippen LogP contribution >= 0.6 is 0 Å². The number of carbonyl (C=O) groups excluding carboxylic acids is 2. The summed E-state index contributed by atoms with van der Waals surface area (Å²) in [6.07, 6.45) is 1.67. The van der Waals surface area contributed by atoms with Crippen LogP contribution in [0.2, 0.25) is 0 Å². The van der Waals surface area contributed by atoms with Gasteiger partial charge in [-0.15, -0.1) is 0 Å².